The number of carbonyl (C=O) groups excluding carboxylic acids is 2. The lowest BCUT2D eigenvalue weighted by molar-refractivity contribution is -0.130. The molecule has 2 atom stereocenters. The fourth-order valence-corrected chi connectivity index (χ4v) is 2.87. The van der Waals surface area contributed by atoms with Gasteiger partial charge in [0.15, 0.2) is 0 Å². The number of amides is 2. The first-order chi connectivity index (χ1) is 15.4. The highest BCUT2D eigenvalue weighted by Crippen LogP contribution is 2.08. The second-order valence-corrected chi connectivity index (χ2v) is 7.68. The number of benzene rings is 2. The van der Waals surface area contributed by atoms with Crippen molar-refractivity contribution in [3.05, 3.63) is 70.8 Å². The van der Waals surface area contributed by atoms with E-state index in [2.05, 4.69) is 36.3 Å². The first-order valence-electron chi connectivity index (χ1n) is 10.4. The average molecular weight is 439 g/mol. The maximum atomic E-state index is 12.2. The summed E-state index contributed by atoms with van der Waals surface area (Å²) in [5.41, 5.74) is 9.95. The van der Waals surface area contributed by atoms with Crippen molar-refractivity contribution in [3.63, 3.8) is 0 Å². The smallest absolute Gasteiger partial charge is 0.267 e. The first-order valence-corrected chi connectivity index (χ1v) is 10.4. The summed E-state index contributed by atoms with van der Waals surface area (Å²) in [6.45, 7) is 4.77. The Morgan fingerprint density at radius 2 is 1.56 bits per heavy atom. The van der Waals surface area contributed by atoms with Crippen molar-refractivity contribution in [2.24, 2.45) is 11.7 Å². The molecule has 0 fully saturated rings. The van der Waals surface area contributed by atoms with Crippen molar-refractivity contribution in [2.75, 3.05) is 13.2 Å². The van der Waals surface area contributed by atoms with E-state index in [0.717, 1.165) is 16.7 Å². The zero-order valence-electron chi connectivity index (χ0n) is 18.3. The van der Waals surface area contributed by atoms with Crippen LogP contribution in [0.25, 0.3) is 0 Å². The molecule has 0 aromatic heterocycles. The quantitative estimate of drug-likeness (QED) is 0.194. The summed E-state index contributed by atoms with van der Waals surface area (Å²) in [5.74, 6) is 5.23. The fraction of sp³-hybridized carbons (Fsp3) is 0.333. The Balaban J connectivity index is 1.96. The molecule has 0 saturated heterocycles. The van der Waals surface area contributed by atoms with Gasteiger partial charge in [-0.2, -0.15) is 0 Å². The summed E-state index contributed by atoms with van der Waals surface area (Å²) in [6.07, 6.45) is 0. The van der Waals surface area contributed by atoms with Crippen LogP contribution in [0.1, 0.15) is 40.9 Å². The van der Waals surface area contributed by atoms with E-state index in [1.807, 2.05) is 24.3 Å². The summed E-state index contributed by atoms with van der Waals surface area (Å²) in [4.78, 5) is 23.6. The van der Waals surface area contributed by atoms with Crippen molar-refractivity contribution in [3.8, 4) is 11.8 Å². The minimum absolute atomic E-state index is 0.0625. The predicted molar refractivity (Wildman–Crippen MR) is 122 cm³/mol. The highest BCUT2D eigenvalue weighted by atomic mass is 16.5. The summed E-state index contributed by atoms with van der Waals surface area (Å²) >= 11 is 0. The van der Waals surface area contributed by atoms with Gasteiger partial charge in [0.1, 0.15) is 6.04 Å². The molecule has 170 valence electrons. The van der Waals surface area contributed by atoms with Gasteiger partial charge in [0.25, 0.3) is 11.8 Å². The van der Waals surface area contributed by atoms with Gasteiger partial charge in [0.2, 0.25) is 0 Å². The molecule has 0 aliphatic rings. The third kappa shape index (κ3) is 7.48. The van der Waals surface area contributed by atoms with Crippen LogP contribution in [0.15, 0.2) is 48.5 Å². The molecule has 0 saturated carbocycles. The molecular formula is C24H30N4O4. The number of rotatable bonds is 9. The largest absolute Gasteiger partial charge is 0.395 e. The monoisotopic (exact) mass is 438 g/mol. The van der Waals surface area contributed by atoms with Crippen LogP contribution in [0.2, 0.25) is 0 Å². The number of hydrogen-bond donors (Lipinski definition) is 6. The van der Waals surface area contributed by atoms with Crippen LogP contribution in [-0.4, -0.2) is 47.4 Å². The average Bonchev–Trinajstić information content (AvgIpc) is 2.81. The molecular weight excluding hydrogens is 408 g/mol. The van der Waals surface area contributed by atoms with Crippen LogP contribution in [0.3, 0.4) is 0 Å². The minimum atomic E-state index is -1.02. The second-order valence-electron chi connectivity index (χ2n) is 7.68. The molecule has 8 heteroatoms. The van der Waals surface area contributed by atoms with E-state index in [1.165, 1.54) is 5.48 Å². The van der Waals surface area contributed by atoms with Gasteiger partial charge in [0.05, 0.1) is 6.61 Å². The molecule has 0 radical (unpaired) electrons. The number of hydrogen-bond acceptors (Lipinski definition) is 6. The Bertz CT molecular complexity index is 947. The molecule has 2 aromatic rings. The Hall–Kier alpha value is -3.22. The van der Waals surface area contributed by atoms with Crippen LogP contribution in [0.5, 0.6) is 0 Å². The van der Waals surface area contributed by atoms with Crippen LogP contribution >= 0.6 is 0 Å². The Labute approximate surface area is 188 Å². The van der Waals surface area contributed by atoms with Gasteiger partial charge in [-0.25, -0.2) is 5.48 Å². The number of aliphatic hydroxyl groups is 1. The Morgan fingerprint density at radius 1 is 1.00 bits per heavy atom. The van der Waals surface area contributed by atoms with Gasteiger partial charge < -0.3 is 21.5 Å². The summed E-state index contributed by atoms with van der Waals surface area (Å²) in [7, 11) is 0. The van der Waals surface area contributed by atoms with Gasteiger partial charge in [-0.05, 0) is 47.9 Å². The van der Waals surface area contributed by atoms with E-state index in [1.54, 1.807) is 24.3 Å². The van der Waals surface area contributed by atoms with Crippen molar-refractivity contribution in [1.29, 1.82) is 0 Å². The van der Waals surface area contributed by atoms with Crippen LogP contribution in [-0.2, 0) is 11.3 Å². The molecule has 7 N–H and O–H groups in total. The Kier molecular flexibility index (Phi) is 9.85. The molecule has 2 amide bonds. The number of nitrogens with one attached hydrogen (secondary N) is 3. The van der Waals surface area contributed by atoms with Gasteiger partial charge >= 0.3 is 0 Å². The zero-order chi connectivity index (χ0) is 23.5. The lowest BCUT2D eigenvalue weighted by Crippen LogP contribution is -2.50. The molecule has 2 aromatic carbocycles. The molecule has 1 unspecified atom stereocenters. The lowest BCUT2D eigenvalue weighted by Gasteiger charge is -2.19. The van der Waals surface area contributed by atoms with Crippen molar-refractivity contribution < 1.29 is 19.9 Å². The van der Waals surface area contributed by atoms with Crippen molar-refractivity contribution >= 4 is 11.8 Å². The number of nitrogens with two attached hydrogens (primary N) is 1. The van der Waals surface area contributed by atoms with Crippen molar-refractivity contribution in [1.82, 2.24) is 16.1 Å². The van der Waals surface area contributed by atoms with Crippen LogP contribution in [0, 0.1) is 17.8 Å². The van der Waals surface area contributed by atoms with E-state index in [4.69, 9.17) is 10.9 Å². The molecule has 8 nitrogen and oxygen atoms in total. The van der Waals surface area contributed by atoms with E-state index in [0.29, 0.717) is 18.0 Å². The fourth-order valence-electron chi connectivity index (χ4n) is 2.87. The van der Waals surface area contributed by atoms with Crippen LogP contribution in [0.4, 0.5) is 0 Å². The normalized spacial score (nSPS) is 12.4. The van der Waals surface area contributed by atoms with E-state index in [9.17, 15) is 14.7 Å². The third-order valence-electron chi connectivity index (χ3n) is 4.99. The zero-order valence-corrected chi connectivity index (χ0v) is 18.3. The molecule has 0 aliphatic carbocycles. The maximum Gasteiger partial charge on any atom is 0.267 e. The summed E-state index contributed by atoms with van der Waals surface area (Å²) in [6, 6.07) is 13.5. The summed E-state index contributed by atoms with van der Waals surface area (Å²) in [5, 5.41) is 23.9. The summed E-state index contributed by atoms with van der Waals surface area (Å²) < 4.78 is 0. The van der Waals surface area contributed by atoms with Crippen LogP contribution < -0.4 is 21.8 Å². The van der Waals surface area contributed by atoms with E-state index < -0.39 is 17.9 Å². The number of aliphatic hydroxyl groups excluding tert-OH is 1. The molecule has 2 rings (SSSR count). The minimum Gasteiger partial charge on any atom is -0.395 e. The third-order valence-corrected chi connectivity index (χ3v) is 4.99. The molecule has 0 aliphatic heterocycles. The molecule has 0 spiro atoms. The highest BCUT2D eigenvalue weighted by Gasteiger charge is 2.19. The van der Waals surface area contributed by atoms with Gasteiger partial charge in [-0.15, -0.1) is 0 Å². The lowest BCUT2D eigenvalue weighted by atomic mass is 10.0. The molecule has 0 heterocycles. The molecule has 0 bridgehead atoms. The highest BCUT2D eigenvalue weighted by molar-refractivity contribution is 5.97. The number of hydroxylamine groups is 1. The van der Waals surface area contributed by atoms with Gasteiger partial charge in [-0.1, -0.05) is 37.8 Å². The SMILES string of the molecule is CC(C)C(CO)NCc1ccc(C#Cc2ccc(C(=O)N[C@@H](CN)C(=O)NO)cc2)cc1. The first kappa shape index (κ1) is 25.0. The predicted octanol–water partition coefficient (Wildman–Crippen LogP) is 0.755. The standard InChI is InChI=1S/C24H30N4O4/c1-16(2)22(15-29)26-14-19-7-5-17(6-8-19)3-4-18-9-11-20(12-10-18)23(30)27-21(13-25)24(31)28-32/h5-12,16,21-22,26,29,32H,13-15,25H2,1-2H3,(H,27,30)(H,28,31)/t21-,22?/m0/s1. The van der Waals surface area contributed by atoms with Crippen molar-refractivity contribution in [2.45, 2.75) is 32.5 Å². The molecule has 32 heavy (non-hydrogen) atoms. The van der Waals surface area contributed by atoms with E-state index >= 15 is 0 Å². The maximum absolute atomic E-state index is 12.2. The Morgan fingerprint density at radius 3 is 2.03 bits per heavy atom. The van der Waals surface area contributed by atoms with E-state index in [-0.39, 0.29) is 19.2 Å². The van der Waals surface area contributed by atoms with Gasteiger partial charge in [-0.3, -0.25) is 14.8 Å². The second kappa shape index (κ2) is 12.6. The number of carbonyl (C=O) groups is 2. The topological polar surface area (TPSA) is 137 Å². The van der Waals surface area contributed by atoms with Gasteiger partial charge in [0, 0.05) is 35.8 Å².